The lowest BCUT2D eigenvalue weighted by atomic mass is 10.0. The molecule has 0 aromatic heterocycles. The molecule has 0 N–H and O–H groups in total. The Bertz CT molecular complexity index is 1340. The molecule has 1 atom stereocenters. The van der Waals surface area contributed by atoms with E-state index in [1.165, 1.54) is 205 Å². The van der Waals surface area contributed by atoms with E-state index in [0.29, 0.717) is 19.3 Å². The number of hydrogen-bond acceptors (Lipinski definition) is 6. The molecule has 436 valence electrons. The Balaban J connectivity index is 4.35. The van der Waals surface area contributed by atoms with Gasteiger partial charge >= 0.3 is 17.9 Å². The summed E-state index contributed by atoms with van der Waals surface area (Å²) in [6.07, 6.45) is 80.8. The number of hydrogen-bond donors (Lipinski definition) is 0. The smallest absolute Gasteiger partial charge is 0.306 e. The van der Waals surface area contributed by atoms with E-state index < -0.39 is 6.10 Å². The second-order valence-electron chi connectivity index (χ2n) is 22.0. The van der Waals surface area contributed by atoms with E-state index in [2.05, 4.69) is 81.5 Å². The molecule has 0 aliphatic carbocycles. The van der Waals surface area contributed by atoms with Gasteiger partial charge in [0.2, 0.25) is 0 Å². The lowest BCUT2D eigenvalue weighted by Crippen LogP contribution is -2.30. The van der Waals surface area contributed by atoms with Crippen molar-refractivity contribution in [2.75, 3.05) is 13.2 Å². The summed E-state index contributed by atoms with van der Waals surface area (Å²) in [7, 11) is 0. The van der Waals surface area contributed by atoms with Crippen LogP contribution in [-0.2, 0) is 28.6 Å². The first-order valence-corrected chi connectivity index (χ1v) is 32.8. The molecule has 0 aliphatic rings. The molecule has 0 spiro atoms. The highest BCUT2D eigenvalue weighted by molar-refractivity contribution is 5.71. The van der Waals surface area contributed by atoms with Crippen molar-refractivity contribution in [2.45, 2.75) is 348 Å². The first-order chi connectivity index (χ1) is 37.0. The molecule has 0 saturated carbocycles. The third-order valence-electron chi connectivity index (χ3n) is 14.5. The minimum Gasteiger partial charge on any atom is -0.462 e. The summed E-state index contributed by atoms with van der Waals surface area (Å²) in [5.41, 5.74) is 0. The molecule has 0 rings (SSSR count). The van der Waals surface area contributed by atoms with Crippen molar-refractivity contribution < 1.29 is 28.6 Å². The number of rotatable bonds is 60. The number of unbranched alkanes of at least 4 members (excludes halogenated alkanes) is 39. The van der Waals surface area contributed by atoms with Crippen LogP contribution >= 0.6 is 0 Å². The number of ether oxygens (including phenoxy) is 3. The molecule has 0 aromatic carbocycles. The van der Waals surface area contributed by atoms with Gasteiger partial charge in [0.05, 0.1) is 0 Å². The van der Waals surface area contributed by atoms with Crippen molar-refractivity contribution in [2.24, 2.45) is 0 Å². The van der Waals surface area contributed by atoms with Crippen molar-refractivity contribution in [3.8, 4) is 0 Å². The Kier molecular flexibility index (Phi) is 61.2. The first kappa shape index (κ1) is 72.1. The summed E-state index contributed by atoms with van der Waals surface area (Å²) in [5.74, 6) is -0.880. The van der Waals surface area contributed by atoms with Crippen LogP contribution in [0.4, 0.5) is 0 Å². The fourth-order valence-electron chi connectivity index (χ4n) is 9.54. The summed E-state index contributed by atoms with van der Waals surface area (Å²) in [6, 6.07) is 0. The van der Waals surface area contributed by atoms with E-state index in [4.69, 9.17) is 14.2 Å². The van der Waals surface area contributed by atoms with Gasteiger partial charge in [-0.25, -0.2) is 0 Å². The molecule has 0 saturated heterocycles. The molecule has 0 radical (unpaired) electrons. The highest BCUT2D eigenvalue weighted by Gasteiger charge is 2.19. The number of esters is 3. The van der Waals surface area contributed by atoms with Gasteiger partial charge in [-0.1, -0.05) is 293 Å². The molecule has 0 bridgehead atoms. The minimum atomic E-state index is -0.783. The van der Waals surface area contributed by atoms with E-state index in [1.54, 1.807) is 0 Å². The van der Waals surface area contributed by atoms with E-state index in [0.717, 1.165) is 96.3 Å². The van der Waals surface area contributed by atoms with Crippen LogP contribution in [0.25, 0.3) is 0 Å². The summed E-state index contributed by atoms with van der Waals surface area (Å²) < 4.78 is 16.9. The molecule has 75 heavy (non-hydrogen) atoms. The van der Waals surface area contributed by atoms with Crippen LogP contribution in [0.3, 0.4) is 0 Å². The van der Waals surface area contributed by atoms with Crippen LogP contribution in [0.2, 0.25) is 0 Å². The van der Waals surface area contributed by atoms with E-state index in [-0.39, 0.29) is 31.1 Å². The van der Waals surface area contributed by atoms with Crippen molar-refractivity contribution >= 4 is 17.9 Å². The lowest BCUT2D eigenvalue weighted by Gasteiger charge is -2.18. The summed E-state index contributed by atoms with van der Waals surface area (Å²) in [4.78, 5) is 38.3. The SMILES string of the molecule is CCCCC/C=C\C/C=C\CCCCCCCC(=O)OCC(COC(=O)CCCCCCCCCC/C=C\C/C=C\C/C=C\CCCCCCC)OC(=O)CCCCCCCCCCCCCCCCCCCCC. The summed E-state index contributed by atoms with van der Waals surface area (Å²) in [5, 5.41) is 0. The molecular weight excluding hydrogens is 925 g/mol. The van der Waals surface area contributed by atoms with Crippen LogP contribution in [0.15, 0.2) is 60.8 Å². The molecule has 0 fully saturated rings. The van der Waals surface area contributed by atoms with Gasteiger partial charge in [0.25, 0.3) is 0 Å². The Labute approximate surface area is 466 Å². The zero-order valence-corrected chi connectivity index (χ0v) is 50.1. The predicted octanol–water partition coefficient (Wildman–Crippen LogP) is 22.3. The highest BCUT2D eigenvalue weighted by atomic mass is 16.6. The van der Waals surface area contributed by atoms with Crippen molar-refractivity contribution in [1.82, 2.24) is 0 Å². The lowest BCUT2D eigenvalue weighted by molar-refractivity contribution is -0.167. The van der Waals surface area contributed by atoms with Crippen LogP contribution < -0.4 is 0 Å². The summed E-state index contributed by atoms with van der Waals surface area (Å²) >= 11 is 0. The van der Waals surface area contributed by atoms with E-state index in [1.807, 2.05) is 0 Å². The van der Waals surface area contributed by atoms with Gasteiger partial charge in [-0.3, -0.25) is 14.4 Å². The average Bonchev–Trinajstić information content (AvgIpc) is 3.41. The highest BCUT2D eigenvalue weighted by Crippen LogP contribution is 2.17. The zero-order valence-electron chi connectivity index (χ0n) is 50.1. The fraction of sp³-hybridized carbons (Fsp3) is 0.812. The van der Waals surface area contributed by atoms with Gasteiger partial charge in [-0.2, -0.15) is 0 Å². The molecule has 0 heterocycles. The van der Waals surface area contributed by atoms with Gasteiger partial charge in [-0.15, -0.1) is 0 Å². The normalized spacial score (nSPS) is 12.4. The second kappa shape index (κ2) is 63.6. The van der Waals surface area contributed by atoms with Crippen LogP contribution in [0, 0.1) is 0 Å². The Morgan fingerprint density at radius 2 is 0.480 bits per heavy atom. The van der Waals surface area contributed by atoms with E-state index in [9.17, 15) is 14.4 Å². The average molecular weight is 1050 g/mol. The van der Waals surface area contributed by atoms with Gasteiger partial charge in [0.1, 0.15) is 13.2 Å². The molecular formula is C69H124O6. The second-order valence-corrected chi connectivity index (χ2v) is 22.0. The fourth-order valence-corrected chi connectivity index (χ4v) is 9.54. The van der Waals surface area contributed by atoms with Gasteiger partial charge in [-0.05, 0) is 89.9 Å². The Morgan fingerprint density at radius 1 is 0.267 bits per heavy atom. The molecule has 0 amide bonds. The summed E-state index contributed by atoms with van der Waals surface area (Å²) in [6.45, 7) is 6.64. The topological polar surface area (TPSA) is 78.9 Å². The van der Waals surface area contributed by atoms with Crippen molar-refractivity contribution in [3.63, 3.8) is 0 Å². The Hall–Kier alpha value is -2.89. The van der Waals surface area contributed by atoms with E-state index >= 15 is 0 Å². The van der Waals surface area contributed by atoms with Gasteiger partial charge in [0.15, 0.2) is 6.10 Å². The zero-order chi connectivity index (χ0) is 54.3. The quantitative estimate of drug-likeness (QED) is 0.0261. The minimum absolute atomic E-state index is 0.0798. The molecule has 6 nitrogen and oxygen atoms in total. The monoisotopic (exact) mass is 1050 g/mol. The van der Waals surface area contributed by atoms with Crippen molar-refractivity contribution in [1.29, 1.82) is 0 Å². The maximum atomic E-state index is 12.9. The maximum Gasteiger partial charge on any atom is 0.306 e. The molecule has 0 aliphatic heterocycles. The maximum absolute atomic E-state index is 12.9. The van der Waals surface area contributed by atoms with Crippen LogP contribution in [0.5, 0.6) is 0 Å². The van der Waals surface area contributed by atoms with Gasteiger partial charge in [0, 0.05) is 19.3 Å². The van der Waals surface area contributed by atoms with Crippen LogP contribution in [0.1, 0.15) is 342 Å². The largest absolute Gasteiger partial charge is 0.462 e. The first-order valence-electron chi connectivity index (χ1n) is 32.8. The standard InChI is InChI=1S/C69H124O6/c1-4-7-10-13-16-19-22-25-28-30-32-33-34-35-37-38-41-44-47-50-53-56-59-62-68(71)74-65-66(64-73-67(70)61-58-55-52-49-46-43-40-27-24-21-18-15-12-9-6-3)75-69(72)63-60-57-54-51-48-45-42-39-36-31-29-26-23-20-17-14-11-8-5-2/h18,21-22,25,27,30,32,34-35,40,66H,4-17,19-20,23-24,26,28-29,31,33,36-39,41-65H2,1-3H3/b21-18-,25-22-,32-30-,35-34-,40-27-. The third kappa shape index (κ3) is 61.8. The molecule has 1 unspecified atom stereocenters. The predicted molar refractivity (Wildman–Crippen MR) is 325 cm³/mol. The molecule has 6 heteroatoms. The Morgan fingerprint density at radius 3 is 0.773 bits per heavy atom. The molecule has 0 aromatic rings. The van der Waals surface area contributed by atoms with Gasteiger partial charge < -0.3 is 14.2 Å². The number of allylic oxidation sites excluding steroid dienone is 10. The third-order valence-corrected chi connectivity index (χ3v) is 14.5. The number of carbonyl (C=O) groups is 3. The number of carbonyl (C=O) groups excluding carboxylic acids is 3. The van der Waals surface area contributed by atoms with Crippen LogP contribution in [-0.4, -0.2) is 37.2 Å². The van der Waals surface area contributed by atoms with Crippen molar-refractivity contribution in [3.05, 3.63) is 60.8 Å².